The van der Waals surface area contributed by atoms with Gasteiger partial charge in [-0.15, -0.1) is 0 Å². The van der Waals surface area contributed by atoms with E-state index >= 15 is 0 Å². The topological polar surface area (TPSA) is 43.4 Å². The van der Waals surface area contributed by atoms with Gasteiger partial charge in [-0.25, -0.2) is 0 Å². The summed E-state index contributed by atoms with van der Waals surface area (Å²) in [5.41, 5.74) is 1.10. The molecule has 1 atom stereocenters. The van der Waals surface area contributed by atoms with E-state index in [9.17, 15) is 9.00 Å². The van der Waals surface area contributed by atoms with Gasteiger partial charge in [-0.2, -0.15) is 0 Å². The van der Waals surface area contributed by atoms with Crippen LogP contribution in [-0.2, 0) is 20.0 Å². The zero-order valence-electron chi connectivity index (χ0n) is 18.6. The highest BCUT2D eigenvalue weighted by atomic mass is 32.2. The van der Waals surface area contributed by atoms with E-state index in [0.717, 1.165) is 15.9 Å². The van der Waals surface area contributed by atoms with Gasteiger partial charge in [0.2, 0.25) is 0 Å². The molecular weight excluding hydrogens is 420 g/mol. The summed E-state index contributed by atoms with van der Waals surface area (Å²) in [4.78, 5) is 13.5. The number of rotatable bonds is 8. The van der Waals surface area contributed by atoms with Crippen LogP contribution in [0.25, 0.3) is 0 Å². The average Bonchev–Trinajstić information content (AvgIpc) is 2.75. The molecule has 0 heterocycles. The fourth-order valence-corrected chi connectivity index (χ4v) is 9.43. The summed E-state index contributed by atoms with van der Waals surface area (Å²) in [6, 6.07) is 27.9. The predicted octanol–water partition coefficient (Wildman–Crippen LogP) is 4.25. The second-order valence-electron chi connectivity index (χ2n) is 8.79. The minimum Gasteiger partial charge on any atom is -0.400 e. The Bertz CT molecular complexity index is 986. The number of carbonyl (C=O) groups excluding carboxylic acids is 1. The number of ketones is 1. The highest BCUT2D eigenvalue weighted by molar-refractivity contribution is 7.85. The fourth-order valence-electron chi connectivity index (χ4n) is 3.91. The lowest BCUT2D eigenvalue weighted by Crippen LogP contribution is -2.67. The standard InChI is InChI=1S/C26H30O3SSi/c1-21-15-17-23(18-16-21)30(28)20-22(27)19-29-31(26(2,3)4,24-11-7-5-8-12-24)25-13-9-6-10-14-25/h5-18H,19-20H2,1-4H3/t30-/m1/s1. The summed E-state index contributed by atoms with van der Waals surface area (Å²) in [5, 5.41) is 2.05. The quantitative estimate of drug-likeness (QED) is 0.482. The Kier molecular flexibility index (Phi) is 7.41. The fraction of sp³-hybridized carbons (Fsp3) is 0.269. The maximum Gasteiger partial charge on any atom is 0.261 e. The van der Waals surface area contributed by atoms with Gasteiger partial charge < -0.3 is 4.43 Å². The molecule has 0 saturated heterocycles. The third kappa shape index (κ3) is 5.29. The van der Waals surface area contributed by atoms with E-state index in [1.165, 1.54) is 0 Å². The Labute approximate surface area is 189 Å². The lowest BCUT2D eigenvalue weighted by molar-refractivity contribution is -0.118. The summed E-state index contributed by atoms with van der Waals surface area (Å²) < 4.78 is 19.3. The molecule has 0 spiro atoms. The zero-order chi connectivity index (χ0) is 22.5. The van der Waals surface area contributed by atoms with Crippen LogP contribution in [0, 0.1) is 6.92 Å². The minimum absolute atomic E-state index is 0.0404. The second-order valence-corrected chi connectivity index (χ2v) is 14.6. The van der Waals surface area contributed by atoms with E-state index in [2.05, 4.69) is 45.0 Å². The van der Waals surface area contributed by atoms with Crippen molar-refractivity contribution in [2.45, 2.75) is 37.6 Å². The van der Waals surface area contributed by atoms with Gasteiger partial charge in [-0.05, 0) is 34.5 Å². The number of hydrogen-bond donors (Lipinski definition) is 0. The molecule has 0 amide bonds. The van der Waals surface area contributed by atoms with Gasteiger partial charge >= 0.3 is 0 Å². The molecule has 31 heavy (non-hydrogen) atoms. The number of Topliss-reactive ketones (excluding diaryl/α,β-unsaturated/α-hetero) is 1. The first kappa shape index (κ1) is 23.3. The van der Waals surface area contributed by atoms with Crippen LogP contribution in [0.15, 0.2) is 89.8 Å². The highest BCUT2D eigenvalue weighted by Gasteiger charge is 2.50. The van der Waals surface area contributed by atoms with Gasteiger partial charge in [0.15, 0.2) is 5.78 Å². The third-order valence-corrected chi connectivity index (χ3v) is 11.8. The molecule has 3 aromatic carbocycles. The van der Waals surface area contributed by atoms with E-state index in [4.69, 9.17) is 4.43 Å². The maximum atomic E-state index is 12.8. The Morgan fingerprint density at radius 2 is 1.32 bits per heavy atom. The number of benzene rings is 3. The van der Waals surface area contributed by atoms with Crippen molar-refractivity contribution in [3.8, 4) is 0 Å². The van der Waals surface area contributed by atoms with Crippen LogP contribution in [0.3, 0.4) is 0 Å². The molecule has 0 aliphatic heterocycles. The monoisotopic (exact) mass is 450 g/mol. The Hall–Kier alpha value is -2.34. The highest BCUT2D eigenvalue weighted by Crippen LogP contribution is 2.36. The lowest BCUT2D eigenvalue weighted by atomic mass is 10.2. The van der Waals surface area contributed by atoms with Crippen LogP contribution >= 0.6 is 0 Å². The normalized spacial score (nSPS) is 13.0. The van der Waals surface area contributed by atoms with E-state index in [1.54, 1.807) is 0 Å². The molecule has 0 N–H and O–H groups in total. The number of hydrogen-bond acceptors (Lipinski definition) is 3. The van der Waals surface area contributed by atoms with Gasteiger partial charge in [-0.1, -0.05) is 99.1 Å². The molecule has 0 aliphatic carbocycles. The SMILES string of the molecule is Cc1ccc([S@](=O)CC(=O)CO[Si](c2ccccc2)(c2ccccc2)C(C)(C)C)cc1. The van der Waals surface area contributed by atoms with Crippen molar-refractivity contribution in [2.24, 2.45) is 0 Å². The Morgan fingerprint density at radius 3 is 1.77 bits per heavy atom. The summed E-state index contributed by atoms with van der Waals surface area (Å²) in [6.07, 6.45) is 0. The van der Waals surface area contributed by atoms with Gasteiger partial charge in [0.05, 0.1) is 23.2 Å². The average molecular weight is 451 g/mol. The molecule has 3 rings (SSSR count). The molecule has 5 heteroatoms. The molecule has 0 saturated carbocycles. The van der Waals surface area contributed by atoms with E-state index < -0.39 is 19.1 Å². The molecular formula is C26H30O3SSi. The van der Waals surface area contributed by atoms with Crippen LogP contribution in [0.1, 0.15) is 26.3 Å². The molecule has 3 nitrogen and oxygen atoms in total. The number of aryl methyl sites for hydroxylation is 1. The second kappa shape index (κ2) is 9.85. The van der Waals surface area contributed by atoms with Gasteiger partial charge in [-0.3, -0.25) is 9.00 Å². The third-order valence-electron chi connectivity index (χ3n) is 5.44. The molecule has 0 fully saturated rings. The Balaban J connectivity index is 1.88. The van der Waals surface area contributed by atoms with Crippen molar-refractivity contribution >= 4 is 35.3 Å². The molecule has 0 aromatic heterocycles. The van der Waals surface area contributed by atoms with Crippen molar-refractivity contribution in [3.63, 3.8) is 0 Å². The van der Waals surface area contributed by atoms with Crippen molar-refractivity contribution in [1.29, 1.82) is 0 Å². The van der Waals surface area contributed by atoms with Crippen molar-refractivity contribution < 1.29 is 13.4 Å². The summed E-state index contributed by atoms with van der Waals surface area (Å²) in [6.45, 7) is 8.46. The van der Waals surface area contributed by atoms with Gasteiger partial charge in [0.1, 0.15) is 0 Å². The lowest BCUT2D eigenvalue weighted by Gasteiger charge is -2.42. The summed E-state index contributed by atoms with van der Waals surface area (Å²) in [5.74, 6) is -0.187. The first-order valence-corrected chi connectivity index (χ1v) is 13.7. The van der Waals surface area contributed by atoms with E-state index in [-0.39, 0.29) is 23.2 Å². The first-order valence-electron chi connectivity index (χ1n) is 10.5. The van der Waals surface area contributed by atoms with Crippen molar-refractivity contribution in [1.82, 2.24) is 0 Å². The Morgan fingerprint density at radius 1 is 0.839 bits per heavy atom. The van der Waals surface area contributed by atoms with Crippen LogP contribution in [0.4, 0.5) is 0 Å². The minimum atomic E-state index is -2.77. The molecule has 0 aliphatic rings. The number of carbonyl (C=O) groups is 1. The zero-order valence-corrected chi connectivity index (χ0v) is 20.4. The largest absolute Gasteiger partial charge is 0.400 e. The van der Waals surface area contributed by atoms with Crippen LogP contribution in [0.2, 0.25) is 5.04 Å². The maximum absolute atomic E-state index is 12.8. The predicted molar refractivity (Wildman–Crippen MR) is 131 cm³/mol. The molecule has 0 radical (unpaired) electrons. The van der Waals surface area contributed by atoms with Crippen molar-refractivity contribution in [3.05, 3.63) is 90.5 Å². The van der Waals surface area contributed by atoms with Crippen molar-refractivity contribution in [2.75, 3.05) is 12.4 Å². The molecule has 0 bridgehead atoms. The molecule has 162 valence electrons. The van der Waals surface area contributed by atoms with E-state index in [0.29, 0.717) is 4.90 Å². The summed E-state index contributed by atoms with van der Waals surface area (Å²) >= 11 is 0. The van der Waals surface area contributed by atoms with Gasteiger partial charge in [0, 0.05) is 4.90 Å². The first-order chi connectivity index (χ1) is 14.7. The van der Waals surface area contributed by atoms with Crippen LogP contribution in [-0.4, -0.2) is 30.7 Å². The molecule has 0 unspecified atom stereocenters. The smallest absolute Gasteiger partial charge is 0.261 e. The van der Waals surface area contributed by atoms with Crippen LogP contribution < -0.4 is 10.4 Å². The van der Waals surface area contributed by atoms with E-state index in [1.807, 2.05) is 67.6 Å². The summed E-state index contributed by atoms with van der Waals surface area (Å²) in [7, 11) is -4.14. The van der Waals surface area contributed by atoms with Gasteiger partial charge in [0.25, 0.3) is 8.32 Å². The molecule has 3 aromatic rings. The van der Waals surface area contributed by atoms with Crippen LogP contribution in [0.5, 0.6) is 0 Å².